The molecule has 0 bridgehead atoms. The first-order chi connectivity index (χ1) is 9.20. The van der Waals surface area contributed by atoms with Gasteiger partial charge in [-0.15, -0.1) is 11.3 Å². The monoisotopic (exact) mass is 275 g/mol. The average molecular weight is 275 g/mol. The van der Waals surface area contributed by atoms with E-state index < -0.39 is 11.7 Å². The first-order valence-electron chi connectivity index (χ1n) is 5.48. The van der Waals surface area contributed by atoms with Gasteiger partial charge in [0.05, 0.1) is 7.11 Å². The summed E-state index contributed by atoms with van der Waals surface area (Å²) in [6, 6.07) is 7.28. The number of rotatable bonds is 1. The number of fused-ring (bicyclic) bond motifs is 3. The number of anilines is 1. The molecule has 5 nitrogen and oxygen atoms in total. The van der Waals surface area contributed by atoms with Gasteiger partial charge in [0.15, 0.2) is 0 Å². The van der Waals surface area contributed by atoms with Crippen molar-refractivity contribution in [2.75, 3.05) is 12.4 Å². The Hall–Kier alpha value is -2.34. The minimum Gasteiger partial charge on any atom is -0.453 e. The van der Waals surface area contributed by atoms with Crippen LogP contribution in [0.25, 0.3) is 21.7 Å². The topological polar surface area (TPSA) is 68.5 Å². The van der Waals surface area contributed by atoms with Crippen LogP contribution in [0.3, 0.4) is 0 Å². The zero-order chi connectivity index (χ0) is 13.4. The second kappa shape index (κ2) is 4.40. The Kier molecular flexibility index (Phi) is 2.72. The van der Waals surface area contributed by atoms with Crippen molar-refractivity contribution >= 4 is 44.2 Å². The number of benzene rings is 1. The van der Waals surface area contributed by atoms with Crippen molar-refractivity contribution in [1.29, 1.82) is 0 Å². The van der Waals surface area contributed by atoms with E-state index in [0.29, 0.717) is 16.0 Å². The van der Waals surface area contributed by atoms with E-state index in [1.165, 1.54) is 18.4 Å². The predicted molar refractivity (Wildman–Crippen MR) is 73.9 cm³/mol. The highest BCUT2D eigenvalue weighted by Gasteiger charge is 2.15. The smallest absolute Gasteiger partial charge is 0.411 e. The first-order valence-corrected chi connectivity index (χ1v) is 6.36. The van der Waals surface area contributed by atoms with E-state index in [1.807, 2.05) is 17.5 Å². The maximum atomic E-state index is 12.0. The van der Waals surface area contributed by atoms with Gasteiger partial charge >= 0.3 is 11.7 Å². The Morgan fingerprint density at radius 1 is 1.32 bits per heavy atom. The molecule has 0 aliphatic heterocycles. The van der Waals surface area contributed by atoms with Gasteiger partial charge < -0.3 is 9.15 Å². The second-order valence-corrected chi connectivity index (χ2v) is 4.74. The van der Waals surface area contributed by atoms with E-state index in [0.717, 1.165) is 10.8 Å². The molecule has 6 heteroatoms. The quantitative estimate of drug-likeness (QED) is 0.692. The molecule has 19 heavy (non-hydrogen) atoms. The van der Waals surface area contributed by atoms with E-state index in [4.69, 9.17) is 4.42 Å². The summed E-state index contributed by atoms with van der Waals surface area (Å²) >= 11 is 1.26. The van der Waals surface area contributed by atoms with Crippen LogP contribution in [0.4, 0.5) is 9.80 Å². The fourth-order valence-corrected chi connectivity index (χ4v) is 2.86. The third-order valence-corrected chi connectivity index (χ3v) is 3.67. The number of hydrogen-bond donors (Lipinski definition) is 1. The van der Waals surface area contributed by atoms with Crippen molar-refractivity contribution in [1.82, 2.24) is 0 Å². The van der Waals surface area contributed by atoms with Gasteiger partial charge in [0, 0.05) is 16.2 Å². The largest absolute Gasteiger partial charge is 0.453 e. The number of hydrogen-bond acceptors (Lipinski definition) is 5. The van der Waals surface area contributed by atoms with Gasteiger partial charge in [0.2, 0.25) is 0 Å². The average Bonchev–Trinajstić information content (AvgIpc) is 2.83. The molecule has 0 atom stereocenters. The maximum Gasteiger partial charge on any atom is 0.411 e. The van der Waals surface area contributed by atoms with Crippen LogP contribution in [-0.4, -0.2) is 13.2 Å². The highest BCUT2D eigenvalue weighted by molar-refractivity contribution is 7.16. The lowest BCUT2D eigenvalue weighted by molar-refractivity contribution is 0.187. The highest BCUT2D eigenvalue weighted by Crippen LogP contribution is 2.33. The summed E-state index contributed by atoms with van der Waals surface area (Å²) in [5, 5.41) is 6.74. The number of methoxy groups -OCH3 is 1. The Morgan fingerprint density at radius 2 is 2.11 bits per heavy atom. The standard InChI is InChI=1S/C13H9NO4S/c1-17-13(16)14-11-10-8(6-19-11)7-4-2-3-5-9(7)18-12(10)15/h2-6H,1H3,(H,14,16). The molecular formula is C13H9NO4S. The molecule has 0 saturated carbocycles. The molecule has 2 aromatic heterocycles. The SMILES string of the molecule is COC(=O)Nc1scc2c1c(=O)oc1ccccc12. The van der Waals surface area contributed by atoms with Crippen LogP contribution in [0, 0.1) is 0 Å². The summed E-state index contributed by atoms with van der Waals surface area (Å²) in [6.45, 7) is 0. The van der Waals surface area contributed by atoms with Crippen molar-refractivity contribution in [2.45, 2.75) is 0 Å². The van der Waals surface area contributed by atoms with Crippen LogP contribution in [0.1, 0.15) is 0 Å². The molecule has 0 fully saturated rings. The van der Waals surface area contributed by atoms with Crippen LogP contribution in [0.5, 0.6) is 0 Å². The summed E-state index contributed by atoms with van der Waals surface area (Å²) in [7, 11) is 1.27. The highest BCUT2D eigenvalue weighted by atomic mass is 32.1. The molecule has 2 heterocycles. The van der Waals surface area contributed by atoms with Gasteiger partial charge in [-0.3, -0.25) is 5.32 Å². The Balaban J connectivity index is 2.31. The van der Waals surface area contributed by atoms with Crippen LogP contribution >= 0.6 is 11.3 Å². The van der Waals surface area contributed by atoms with Crippen molar-refractivity contribution < 1.29 is 13.9 Å². The van der Waals surface area contributed by atoms with Crippen LogP contribution < -0.4 is 10.9 Å². The zero-order valence-corrected chi connectivity index (χ0v) is 10.7. The Morgan fingerprint density at radius 3 is 2.89 bits per heavy atom. The normalized spacial score (nSPS) is 10.8. The molecule has 0 unspecified atom stereocenters. The van der Waals surface area contributed by atoms with Gasteiger partial charge in [-0.1, -0.05) is 18.2 Å². The summed E-state index contributed by atoms with van der Waals surface area (Å²) in [4.78, 5) is 23.2. The Labute approximate surface area is 111 Å². The van der Waals surface area contributed by atoms with E-state index in [-0.39, 0.29) is 0 Å². The molecule has 0 aliphatic rings. The summed E-state index contributed by atoms with van der Waals surface area (Å²) in [5.74, 6) is 0. The lowest BCUT2D eigenvalue weighted by Gasteiger charge is -2.01. The molecule has 0 aliphatic carbocycles. The minimum absolute atomic E-state index is 0.370. The summed E-state index contributed by atoms with van der Waals surface area (Å²) in [5.41, 5.74) is 0.0590. The number of carbonyl (C=O) groups excluding carboxylic acids is 1. The zero-order valence-electron chi connectivity index (χ0n) is 9.93. The van der Waals surface area contributed by atoms with E-state index in [9.17, 15) is 9.59 Å². The Bertz CT molecular complexity index is 833. The van der Waals surface area contributed by atoms with Crippen molar-refractivity contribution in [3.63, 3.8) is 0 Å². The van der Waals surface area contributed by atoms with Gasteiger partial charge in [-0.05, 0) is 6.07 Å². The van der Waals surface area contributed by atoms with E-state index in [2.05, 4.69) is 10.1 Å². The predicted octanol–water partition coefficient (Wildman–Crippen LogP) is 3.19. The van der Waals surface area contributed by atoms with E-state index in [1.54, 1.807) is 12.1 Å². The minimum atomic E-state index is -0.615. The number of carbonyl (C=O) groups is 1. The summed E-state index contributed by atoms with van der Waals surface area (Å²) < 4.78 is 9.77. The summed E-state index contributed by atoms with van der Waals surface area (Å²) in [6.07, 6.45) is -0.615. The van der Waals surface area contributed by atoms with Gasteiger partial charge in [0.1, 0.15) is 16.0 Å². The van der Waals surface area contributed by atoms with Crippen LogP contribution in [0.2, 0.25) is 0 Å². The molecule has 0 radical (unpaired) electrons. The van der Waals surface area contributed by atoms with Crippen molar-refractivity contribution in [3.8, 4) is 0 Å². The van der Waals surface area contributed by atoms with Gasteiger partial charge in [-0.2, -0.15) is 0 Å². The number of ether oxygens (including phenoxy) is 1. The molecule has 0 spiro atoms. The molecule has 1 aromatic carbocycles. The van der Waals surface area contributed by atoms with Crippen LogP contribution in [-0.2, 0) is 4.74 Å². The third kappa shape index (κ3) is 1.86. The van der Waals surface area contributed by atoms with Crippen molar-refractivity contribution in [3.05, 3.63) is 40.1 Å². The molecule has 1 N–H and O–H groups in total. The van der Waals surface area contributed by atoms with Gasteiger partial charge in [-0.25, -0.2) is 9.59 Å². The van der Waals surface area contributed by atoms with Crippen molar-refractivity contribution in [2.24, 2.45) is 0 Å². The second-order valence-electron chi connectivity index (χ2n) is 3.86. The lowest BCUT2D eigenvalue weighted by atomic mass is 10.1. The third-order valence-electron chi connectivity index (χ3n) is 2.78. The number of para-hydroxylation sites is 1. The first kappa shape index (κ1) is 11.7. The molecule has 3 aromatic rings. The van der Waals surface area contributed by atoms with Gasteiger partial charge in [0.25, 0.3) is 0 Å². The fourth-order valence-electron chi connectivity index (χ4n) is 1.92. The molecule has 96 valence electrons. The number of thiophene rings is 1. The molecule has 3 rings (SSSR count). The fraction of sp³-hybridized carbons (Fsp3) is 0.0769. The van der Waals surface area contributed by atoms with E-state index >= 15 is 0 Å². The number of nitrogens with one attached hydrogen (secondary N) is 1. The molecule has 1 amide bonds. The lowest BCUT2D eigenvalue weighted by Crippen LogP contribution is -2.11. The van der Waals surface area contributed by atoms with Crippen LogP contribution in [0.15, 0.2) is 38.9 Å². The number of amides is 1. The molecular weight excluding hydrogens is 266 g/mol. The maximum absolute atomic E-state index is 12.0. The molecule has 0 saturated heterocycles.